The number of hydrogen-bond donors (Lipinski definition) is 0. The number of aryl methyl sites for hydroxylation is 1. The van der Waals surface area contributed by atoms with Gasteiger partial charge in [-0.1, -0.05) is 0 Å². The van der Waals surface area contributed by atoms with E-state index in [4.69, 9.17) is 13.9 Å². The van der Waals surface area contributed by atoms with Crippen molar-refractivity contribution in [2.45, 2.75) is 25.0 Å². The lowest BCUT2D eigenvalue weighted by molar-refractivity contribution is -0.130. The summed E-state index contributed by atoms with van der Waals surface area (Å²) in [6.45, 7) is 1.21. The van der Waals surface area contributed by atoms with Crippen LogP contribution in [0.25, 0.3) is 0 Å². The maximum absolute atomic E-state index is 12.0. The van der Waals surface area contributed by atoms with E-state index in [1.165, 1.54) is 0 Å². The van der Waals surface area contributed by atoms with E-state index in [2.05, 4.69) is 0 Å². The number of rotatable bonds is 5. The number of methoxy groups -OCH3 is 2. The first kappa shape index (κ1) is 13.1. The summed E-state index contributed by atoms with van der Waals surface area (Å²) in [5.74, 6) is 0.960. The monoisotopic (exact) mass is 253 g/mol. The van der Waals surface area contributed by atoms with Crippen molar-refractivity contribution < 1.29 is 18.7 Å². The molecule has 5 heteroatoms. The lowest BCUT2D eigenvalue weighted by Crippen LogP contribution is -2.30. The largest absolute Gasteiger partial charge is 0.469 e. The Bertz CT molecular complexity index is 364. The molecule has 1 aromatic rings. The number of likely N-dealkylation sites (tertiary alicyclic amines) is 1. The molecule has 0 saturated carbocycles. The Morgan fingerprint density at radius 2 is 2.06 bits per heavy atom. The molecule has 0 unspecified atom stereocenters. The predicted octanol–water partition coefficient (Wildman–Crippen LogP) is 1.08. The van der Waals surface area contributed by atoms with Gasteiger partial charge in [-0.15, -0.1) is 0 Å². The van der Waals surface area contributed by atoms with Crippen LogP contribution in [0.3, 0.4) is 0 Å². The van der Waals surface area contributed by atoms with Gasteiger partial charge in [0.15, 0.2) is 0 Å². The van der Waals surface area contributed by atoms with Gasteiger partial charge in [-0.05, 0) is 12.1 Å². The summed E-state index contributed by atoms with van der Waals surface area (Å²) in [6.07, 6.45) is 2.67. The quantitative estimate of drug-likeness (QED) is 0.788. The van der Waals surface area contributed by atoms with E-state index in [1.54, 1.807) is 25.4 Å². The molecule has 100 valence electrons. The van der Waals surface area contributed by atoms with Gasteiger partial charge in [0.05, 0.1) is 6.26 Å². The number of carbonyl (C=O) groups excluding carboxylic acids is 1. The van der Waals surface area contributed by atoms with Crippen LogP contribution in [0.1, 0.15) is 12.2 Å². The molecule has 1 fully saturated rings. The molecule has 0 radical (unpaired) electrons. The van der Waals surface area contributed by atoms with Gasteiger partial charge in [0, 0.05) is 40.2 Å². The molecule has 18 heavy (non-hydrogen) atoms. The van der Waals surface area contributed by atoms with Crippen molar-refractivity contribution in [3.63, 3.8) is 0 Å². The third-order valence-corrected chi connectivity index (χ3v) is 3.34. The topological polar surface area (TPSA) is 51.9 Å². The second-order valence-electron chi connectivity index (χ2n) is 4.43. The van der Waals surface area contributed by atoms with Crippen molar-refractivity contribution >= 4 is 5.91 Å². The second-order valence-corrected chi connectivity index (χ2v) is 4.43. The Balaban J connectivity index is 1.83. The summed E-state index contributed by atoms with van der Waals surface area (Å²) in [6, 6.07) is 3.71. The van der Waals surface area contributed by atoms with Gasteiger partial charge in [-0.2, -0.15) is 0 Å². The molecule has 0 N–H and O–H groups in total. The van der Waals surface area contributed by atoms with E-state index in [1.807, 2.05) is 12.1 Å². The summed E-state index contributed by atoms with van der Waals surface area (Å²) in [4.78, 5) is 13.8. The van der Waals surface area contributed by atoms with Gasteiger partial charge in [0.25, 0.3) is 0 Å². The van der Waals surface area contributed by atoms with Gasteiger partial charge in [0.2, 0.25) is 5.91 Å². The number of furan rings is 1. The zero-order valence-electron chi connectivity index (χ0n) is 10.8. The van der Waals surface area contributed by atoms with E-state index < -0.39 is 0 Å². The number of hydrogen-bond acceptors (Lipinski definition) is 4. The highest BCUT2D eigenvalue weighted by Gasteiger charge is 2.35. The molecule has 1 amide bonds. The predicted molar refractivity (Wildman–Crippen MR) is 65.2 cm³/mol. The minimum atomic E-state index is -0.0254. The van der Waals surface area contributed by atoms with Crippen molar-refractivity contribution in [2.75, 3.05) is 27.3 Å². The Morgan fingerprint density at radius 3 is 2.56 bits per heavy atom. The van der Waals surface area contributed by atoms with Crippen molar-refractivity contribution in [3.8, 4) is 0 Å². The lowest BCUT2D eigenvalue weighted by atomic mass is 10.2. The minimum absolute atomic E-state index is 0.0254. The van der Waals surface area contributed by atoms with Gasteiger partial charge >= 0.3 is 0 Å². The first-order valence-electron chi connectivity index (χ1n) is 6.10. The highest BCUT2D eigenvalue weighted by molar-refractivity contribution is 5.76. The maximum atomic E-state index is 12.0. The molecule has 2 heterocycles. The van der Waals surface area contributed by atoms with E-state index >= 15 is 0 Å². The SMILES string of the molecule is CO[C@H]1CN(C(=O)CCc2ccco2)C[C@H]1OC. The van der Waals surface area contributed by atoms with Crippen LogP contribution >= 0.6 is 0 Å². The standard InChI is InChI=1S/C13H19NO4/c1-16-11-8-14(9-12(11)17-2)13(15)6-5-10-4-3-7-18-10/h3-4,7,11-12H,5-6,8-9H2,1-2H3/t11-,12+. The van der Waals surface area contributed by atoms with Crippen LogP contribution in [0, 0.1) is 0 Å². The molecule has 1 aliphatic rings. The Hall–Kier alpha value is -1.33. The zero-order chi connectivity index (χ0) is 13.0. The first-order chi connectivity index (χ1) is 8.74. The summed E-state index contributed by atoms with van der Waals surface area (Å²) in [5, 5.41) is 0. The molecule has 0 aliphatic carbocycles. The van der Waals surface area contributed by atoms with Crippen LogP contribution in [0.15, 0.2) is 22.8 Å². The van der Waals surface area contributed by atoms with Crippen molar-refractivity contribution in [3.05, 3.63) is 24.2 Å². The van der Waals surface area contributed by atoms with Gasteiger partial charge in [-0.25, -0.2) is 0 Å². The molecule has 0 bridgehead atoms. The van der Waals surface area contributed by atoms with Crippen LogP contribution in [0.2, 0.25) is 0 Å². The fourth-order valence-corrected chi connectivity index (χ4v) is 2.24. The van der Waals surface area contributed by atoms with E-state index in [-0.39, 0.29) is 18.1 Å². The molecule has 1 saturated heterocycles. The number of ether oxygens (including phenoxy) is 2. The highest BCUT2D eigenvalue weighted by Crippen LogP contribution is 2.17. The zero-order valence-corrected chi connectivity index (χ0v) is 10.8. The molecular formula is C13H19NO4. The normalized spacial score (nSPS) is 23.6. The lowest BCUT2D eigenvalue weighted by Gasteiger charge is -2.15. The van der Waals surface area contributed by atoms with E-state index in [9.17, 15) is 4.79 Å². The highest BCUT2D eigenvalue weighted by atomic mass is 16.5. The van der Waals surface area contributed by atoms with Gasteiger partial charge < -0.3 is 18.8 Å². The van der Waals surface area contributed by atoms with Crippen LogP contribution in [0.5, 0.6) is 0 Å². The van der Waals surface area contributed by atoms with Crippen molar-refractivity contribution in [1.82, 2.24) is 4.90 Å². The number of carbonyl (C=O) groups is 1. The number of nitrogens with zero attached hydrogens (tertiary/aromatic N) is 1. The molecular weight excluding hydrogens is 234 g/mol. The average molecular weight is 253 g/mol. The van der Waals surface area contributed by atoms with Crippen molar-refractivity contribution in [2.24, 2.45) is 0 Å². The Labute approximate surface area is 107 Å². The minimum Gasteiger partial charge on any atom is -0.469 e. The summed E-state index contributed by atoms with van der Waals surface area (Å²) in [5.41, 5.74) is 0. The average Bonchev–Trinajstić information content (AvgIpc) is 3.04. The number of amides is 1. The first-order valence-corrected chi connectivity index (χ1v) is 6.10. The van der Waals surface area contributed by atoms with Gasteiger partial charge in [0.1, 0.15) is 18.0 Å². The van der Waals surface area contributed by atoms with Crippen molar-refractivity contribution in [1.29, 1.82) is 0 Å². The van der Waals surface area contributed by atoms with Gasteiger partial charge in [-0.3, -0.25) is 4.79 Å². The molecule has 0 aromatic carbocycles. The van der Waals surface area contributed by atoms with E-state index in [0.717, 1.165) is 5.76 Å². The maximum Gasteiger partial charge on any atom is 0.223 e. The Kier molecular flexibility index (Phi) is 4.38. The van der Waals surface area contributed by atoms with Crippen LogP contribution in [-0.4, -0.2) is 50.3 Å². The summed E-state index contributed by atoms with van der Waals surface area (Å²) in [7, 11) is 3.29. The summed E-state index contributed by atoms with van der Waals surface area (Å²) < 4.78 is 15.8. The third kappa shape index (κ3) is 2.91. The third-order valence-electron chi connectivity index (χ3n) is 3.34. The Morgan fingerprint density at radius 1 is 1.39 bits per heavy atom. The van der Waals surface area contributed by atoms with Crippen LogP contribution in [-0.2, 0) is 20.7 Å². The van der Waals surface area contributed by atoms with E-state index in [0.29, 0.717) is 25.9 Å². The molecule has 1 aliphatic heterocycles. The molecule has 5 nitrogen and oxygen atoms in total. The molecule has 2 atom stereocenters. The molecule has 2 rings (SSSR count). The van der Waals surface area contributed by atoms with Crippen LogP contribution < -0.4 is 0 Å². The fourth-order valence-electron chi connectivity index (χ4n) is 2.24. The fraction of sp³-hybridized carbons (Fsp3) is 0.615. The molecule has 1 aromatic heterocycles. The molecule has 0 spiro atoms. The summed E-state index contributed by atoms with van der Waals surface area (Å²) >= 11 is 0. The van der Waals surface area contributed by atoms with Crippen LogP contribution in [0.4, 0.5) is 0 Å². The smallest absolute Gasteiger partial charge is 0.223 e. The second kappa shape index (κ2) is 6.02.